The van der Waals surface area contributed by atoms with Gasteiger partial charge in [-0.1, -0.05) is 0 Å². The van der Waals surface area contributed by atoms with E-state index in [1.54, 1.807) is 0 Å². The molecule has 5 N–H and O–H groups in total. The SMILES string of the molecule is O=c1c(OS(=O)(=O)O)c(-c2ccc(OS(=O)(=O)O)c(OS(=O)(=O)O)c2)oc2cc(OS(=O)(=O)O)cc(O)c12. The summed E-state index contributed by atoms with van der Waals surface area (Å²) >= 11 is 0. The largest absolute Gasteiger partial charge is 0.507 e. The van der Waals surface area contributed by atoms with Gasteiger partial charge in [-0.25, -0.2) is 0 Å². The van der Waals surface area contributed by atoms with Gasteiger partial charge in [-0.15, -0.1) is 0 Å². The second-order valence-electron chi connectivity index (χ2n) is 6.61. The molecule has 2 aromatic carbocycles. The molecule has 19 nitrogen and oxygen atoms in total. The summed E-state index contributed by atoms with van der Waals surface area (Å²) in [7, 11) is -21.4. The van der Waals surface area contributed by atoms with E-state index in [1.807, 2.05) is 0 Å². The average Bonchev–Trinajstić information content (AvgIpc) is 2.66. The first-order chi connectivity index (χ1) is 17.1. The first-order valence-corrected chi connectivity index (χ1v) is 14.2. The fraction of sp³-hybridized carbons (Fsp3) is 0. The number of fused-ring (bicyclic) bond motifs is 1. The minimum Gasteiger partial charge on any atom is -0.507 e. The molecule has 0 amide bonds. The molecule has 0 aliphatic heterocycles. The van der Waals surface area contributed by atoms with E-state index in [9.17, 15) is 43.6 Å². The van der Waals surface area contributed by atoms with E-state index in [1.165, 1.54) is 0 Å². The minimum atomic E-state index is -5.50. The summed E-state index contributed by atoms with van der Waals surface area (Å²) in [6.07, 6.45) is 0. The van der Waals surface area contributed by atoms with Crippen LogP contribution in [0.25, 0.3) is 22.3 Å². The lowest BCUT2D eigenvalue weighted by atomic mass is 10.1. The molecule has 38 heavy (non-hydrogen) atoms. The first-order valence-electron chi connectivity index (χ1n) is 8.78. The predicted octanol–water partition coefficient (Wildman–Crippen LogP) is -0.108. The van der Waals surface area contributed by atoms with Gasteiger partial charge >= 0.3 is 41.6 Å². The van der Waals surface area contributed by atoms with Gasteiger partial charge in [0.05, 0.1) is 0 Å². The monoisotopic (exact) mass is 622 g/mol. The molecule has 23 heteroatoms. The smallest absolute Gasteiger partial charge is 0.446 e. The van der Waals surface area contributed by atoms with Crippen molar-refractivity contribution in [2.45, 2.75) is 0 Å². The van der Waals surface area contributed by atoms with Gasteiger partial charge in [0.1, 0.15) is 16.7 Å². The number of phenols is 1. The zero-order valence-corrected chi connectivity index (χ0v) is 20.7. The van der Waals surface area contributed by atoms with Crippen LogP contribution in [0.5, 0.6) is 28.7 Å². The maximum atomic E-state index is 13.0. The molecular formula is C15H10O19S4. The maximum absolute atomic E-state index is 13.0. The second-order valence-corrected chi connectivity index (χ2v) is 10.7. The third kappa shape index (κ3) is 7.42. The normalized spacial score (nSPS) is 12.7. The van der Waals surface area contributed by atoms with Crippen molar-refractivity contribution < 1.29 is 78.1 Å². The lowest BCUT2D eigenvalue weighted by molar-refractivity contribution is 0.361. The van der Waals surface area contributed by atoms with Crippen LogP contribution < -0.4 is 22.2 Å². The Bertz CT molecular complexity index is 1940. The molecule has 1 heterocycles. The summed E-state index contributed by atoms with van der Waals surface area (Å²) in [5, 5.41) is 9.26. The summed E-state index contributed by atoms with van der Waals surface area (Å²) in [5.74, 6) is -6.62. The van der Waals surface area contributed by atoms with Gasteiger partial charge < -0.3 is 26.3 Å². The van der Waals surface area contributed by atoms with Crippen molar-refractivity contribution in [3.8, 4) is 40.1 Å². The van der Waals surface area contributed by atoms with Crippen molar-refractivity contribution in [1.82, 2.24) is 0 Å². The van der Waals surface area contributed by atoms with Crippen LogP contribution in [0.2, 0.25) is 0 Å². The molecule has 0 saturated carbocycles. The van der Waals surface area contributed by atoms with Crippen molar-refractivity contribution >= 4 is 52.6 Å². The van der Waals surface area contributed by atoms with Gasteiger partial charge in [-0.2, -0.15) is 33.7 Å². The standard InChI is InChI=1S/C15H10O19S4/c16-8-4-7(31-35(18,19)20)5-11-12(8)13(17)15(34-38(27,28)29)14(30-11)6-1-2-9(32-36(21,22)23)10(3-6)33-37(24,25)26/h1-5,16H,(H,18,19,20)(H,21,22,23)(H,24,25,26)(H,27,28,29). The average molecular weight is 622 g/mol. The van der Waals surface area contributed by atoms with Crippen LogP contribution in [0.3, 0.4) is 0 Å². The van der Waals surface area contributed by atoms with E-state index in [-0.39, 0.29) is 0 Å². The van der Waals surface area contributed by atoms with E-state index in [4.69, 9.17) is 22.6 Å². The number of hydrogen-bond donors (Lipinski definition) is 5. The maximum Gasteiger partial charge on any atom is 0.446 e. The van der Waals surface area contributed by atoms with Gasteiger partial charge in [0, 0.05) is 17.7 Å². The number of phenolic OH excluding ortho intramolecular Hbond substituents is 1. The van der Waals surface area contributed by atoms with E-state index < -0.39 is 98.1 Å². The third-order valence-electron chi connectivity index (χ3n) is 3.89. The summed E-state index contributed by atoms with van der Waals surface area (Å²) in [6, 6.07) is 2.84. The van der Waals surface area contributed by atoms with E-state index in [0.29, 0.717) is 24.3 Å². The van der Waals surface area contributed by atoms with Crippen molar-refractivity contribution in [3.05, 3.63) is 40.6 Å². The predicted molar refractivity (Wildman–Crippen MR) is 118 cm³/mol. The summed E-state index contributed by atoms with van der Waals surface area (Å²) < 4.78 is 147. The van der Waals surface area contributed by atoms with Crippen LogP contribution in [-0.4, -0.2) is 57.0 Å². The van der Waals surface area contributed by atoms with Gasteiger partial charge in [0.2, 0.25) is 11.2 Å². The van der Waals surface area contributed by atoms with E-state index in [0.717, 1.165) is 6.07 Å². The molecular weight excluding hydrogens is 612 g/mol. The Labute approximate surface area is 211 Å². The van der Waals surface area contributed by atoms with Crippen LogP contribution in [0.1, 0.15) is 0 Å². The Kier molecular flexibility index (Phi) is 7.25. The second kappa shape index (κ2) is 9.55. The van der Waals surface area contributed by atoms with E-state index in [2.05, 4.69) is 16.7 Å². The Morgan fingerprint density at radius 1 is 0.658 bits per heavy atom. The quantitative estimate of drug-likeness (QED) is 0.194. The van der Waals surface area contributed by atoms with E-state index >= 15 is 0 Å². The molecule has 0 saturated heterocycles. The molecule has 3 rings (SSSR count). The Hall–Kier alpha value is -3.71. The summed E-state index contributed by atoms with van der Waals surface area (Å²) in [6.45, 7) is 0. The van der Waals surface area contributed by atoms with Gasteiger partial charge in [-0.05, 0) is 18.2 Å². The molecule has 0 spiro atoms. The number of rotatable bonds is 9. The third-order valence-corrected chi connectivity index (χ3v) is 5.45. The van der Waals surface area contributed by atoms with Crippen LogP contribution in [0.4, 0.5) is 0 Å². The Morgan fingerprint density at radius 3 is 1.71 bits per heavy atom. The molecule has 208 valence electrons. The molecule has 3 aromatic rings. The van der Waals surface area contributed by atoms with Crippen molar-refractivity contribution in [1.29, 1.82) is 0 Å². The van der Waals surface area contributed by atoms with Crippen molar-refractivity contribution in [2.24, 2.45) is 0 Å². The highest BCUT2D eigenvalue weighted by atomic mass is 32.3. The van der Waals surface area contributed by atoms with Gasteiger partial charge in [0.25, 0.3) is 0 Å². The Balaban J connectivity index is 2.40. The topological polar surface area (TPSA) is 305 Å². The number of benzene rings is 2. The highest BCUT2D eigenvalue weighted by Gasteiger charge is 2.27. The lowest BCUT2D eigenvalue weighted by Crippen LogP contribution is -2.16. The summed E-state index contributed by atoms with van der Waals surface area (Å²) in [5.41, 5.74) is -2.95. The van der Waals surface area contributed by atoms with Crippen molar-refractivity contribution in [2.75, 3.05) is 0 Å². The van der Waals surface area contributed by atoms with Crippen LogP contribution in [0, 0.1) is 0 Å². The molecule has 0 fully saturated rings. The zero-order valence-electron chi connectivity index (χ0n) is 17.5. The summed E-state index contributed by atoms with van der Waals surface area (Å²) in [4.78, 5) is 13.0. The molecule has 0 radical (unpaired) electrons. The van der Waals surface area contributed by atoms with Crippen LogP contribution >= 0.6 is 0 Å². The van der Waals surface area contributed by atoms with Gasteiger partial charge in [0.15, 0.2) is 23.0 Å². The zero-order chi connectivity index (χ0) is 28.8. The molecule has 0 atom stereocenters. The fourth-order valence-electron chi connectivity index (χ4n) is 2.81. The Morgan fingerprint density at radius 2 is 1.18 bits per heavy atom. The fourth-order valence-corrected chi connectivity index (χ4v) is 4.23. The molecule has 0 aliphatic rings. The highest BCUT2D eigenvalue weighted by Crippen LogP contribution is 2.40. The molecule has 0 bridgehead atoms. The number of hydrogen-bond acceptors (Lipinski definition) is 15. The molecule has 1 aromatic heterocycles. The van der Waals surface area contributed by atoms with Crippen molar-refractivity contribution in [3.63, 3.8) is 0 Å². The highest BCUT2D eigenvalue weighted by molar-refractivity contribution is 7.82. The van der Waals surface area contributed by atoms with Crippen LogP contribution in [-0.2, 0) is 41.6 Å². The van der Waals surface area contributed by atoms with Gasteiger partial charge in [-0.3, -0.25) is 23.0 Å². The number of aromatic hydroxyl groups is 1. The first kappa shape index (κ1) is 28.9. The van der Waals surface area contributed by atoms with Crippen LogP contribution in [0.15, 0.2) is 39.5 Å². The molecule has 0 unspecified atom stereocenters. The lowest BCUT2D eigenvalue weighted by Gasteiger charge is -2.13. The minimum absolute atomic E-state index is 0.452. The molecule has 0 aliphatic carbocycles.